The molecule has 1 rings (SSSR count). The maximum atomic E-state index is 11.9. The Labute approximate surface area is 93.8 Å². The second-order valence-electron chi connectivity index (χ2n) is 5.74. The molecule has 1 N–H and O–H groups in total. The number of carbonyl (C=O) groups is 1. The summed E-state index contributed by atoms with van der Waals surface area (Å²) >= 11 is 0. The van der Waals surface area contributed by atoms with Crippen LogP contribution in [0.4, 0.5) is 0 Å². The highest BCUT2D eigenvalue weighted by molar-refractivity contribution is 5.78. The molecule has 0 saturated heterocycles. The second kappa shape index (κ2) is 5.00. The van der Waals surface area contributed by atoms with Crippen molar-refractivity contribution < 1.29 is 4.79 Å². The Hall–Kier alpha value is -0.530. The molecule has 0 radical (unpaired) electrons. The molecule has 0 aromatic heterocycles. The van der Waals surface area contributed by atoms with Crippen LogP contribution in [0.3, 0.4) is 0 Å². The van der Waals surface area contributed by atoms with Crippen molar-refractivity contribution in [1.82, 2.24) is 5.32 Å². The summed E-state index contributed by atoms with van der Waals surface area (Å²) < 4.78 is 0. The molecule has 0 aromatic carbocycles. The fraction of sp³-hybridized carbons (Fsp3) is 0.923. The summed E-state index contributed by atoms with van der Waals surface area (Å²) in [6.07, 6.45) is 4.77. The lowest BCUT2D eigenvalue weighted by atomic mass is 9.79. The molecule has 2 atom stereocenters. The Kier molecular flexibility index (Phi) is 4.18. The van der Waals surface area contributed by atoms with E-state index in [4.69, 9.17) is 0 Å². The van der Waals surface area contributed by atoms with Crippen molar-refractivity contribution in [3.05, 3.63) is 0 Å². The summed E-state index contributed by atoms with van der Waals surface area (Å²) in [6, 6.07) is 0. The van der Waals surface area contributed by atoms with Gasteiger partial charge in [-0.25, -0.2) is 0 Å². The monoisotopic (exact) mass is 211 g/mol. The highest BCUT2D eigenvalue weighted by Gasteiger charge is 2.34. The number of rotatable bonds is 2. The van der Waals surface area contributed by atoms with Crippen LogP contribution in [-0.4, -0.2) is 12.5 Å². The average molecular weight is 211 g/mol. The van der Waals surface area contributed by atoms with Crippen molar-refractivity contribution in [1.29, 1.82) is 0 Å². The molecule has 0 bridgehead atoms. The van der Waals surface area contributed by atoms with Crippen molar-refractivity contribution in [3.63, 3.8) is 0 Å². The number of carbonyl (C=O) groups excluding carboxylic acids is 1. The number of nitrogens with one attached hydrogen (secondary N) is 1. The Balaban J connectivity index is 2.69. The summed E-state index contributed by atoms with van der Waals surface area (Å²) in [4.78, 5) is 11.9. The van der Waals surface area contributed by atoms with Gasteiger partial charge >= 0.3 is 0 Å². The molecule has 1 amide bonds. The average Bonchev–Trinajstić information content (AvgIpc) is 2.26. The predicted molar refractivity (Wildman–Crippen MR) is 63.6 cm³/mol. The van der Waals surface area contributed by atoms with Crippen molar-refractivity contribution in [3.8, 4) is 0 Å². The van der Waals surface area contributed by atoms with Gasteiger partial charge in [0.05, 0.1) is 0 Å². The molecule has 2 nitrogen and oxygen atoms in total. The number of amides is 1. The van der Waals surface area contributed by atoms with Crippen LogP contribution in [0.1, 0.15) is 53.4 Å². The summed E-state index contributed by atoms with van der Waals surface area (Å²) in [6.45, 7) is 9.54. The Morgan fingerprint density at radius 2 is 2.13 bits per heavy atom. The summed E-state index contributed by atoms with van der Waals surface area (Å²) in [5.41, 5.74) is 0.334. The molecule has 1 saturated carbocycles. The zero-order chi connectivity index (χ0) is 11.5. The van der Waals surface area contributed by atoms with Crippen molar-refractivity contribution >= 4 is 5.91 Å². The van der Waals surface area contributed by atoms with E-state index in [1.54, 1.807) is 0 Å². The molecule has 2 heteroatoms. The SMILES string of the molecule is CCNC(=O)C1CC(C)(C)CCCC1C. The topological polar surface area (TPSA) is 29.1 Å². The van der Waals surface area contributed by atoms with Crippen LogP contribution < -0.4 is 5.32 Å². The third-order valence-electron chi connectivity index (χ3n) is 3.66. The minimum atomic E-state index is 0.224. The van der Waals surface area contributed by atoms with E-state index in [1.807, 2.05) is 6.92 Å². The predicted octanol–water partition coefficient (Wildman–Crippen LogP) is 2.98. The first-order chi connectivity index (χ1) is 6.96. The molecular formula is C13H25NO. The van der Waals surface area contributed by atoms with E-state index in [1.165, 1.54) is 19.3 Å². The maximum Gasteiger partial charge on any atom is 0.223 e. The van der Waals surface area contributed by atoms with E-state index >= 15 is 0 Å². The zero-order valence-electron chi connectivity index (χ0n) is 10.6. The first-order valence-corrected chi connectivity index (χ1v) is 6.24. The Morgan fingerprint density at radius 1 is 1.47 bits per heavy atom. The van der Waals surface area contributed by atoms with Crippen molar-refractivity contribution in [2.24, 2.45) is 17.3 Å². The molecule has 0 spiro atoms. The van der Waals surface area contributed by atoms with Gasteiger partial charge in [0.15, 0.2) is 0 Å². The standard InChI is InChI=1S/C13H25NO/c1-5-14-12(15)11-9-13(3,4)8-6-7-10(11)2/h10-11H,5-9H2,1-4H3,(H,14,15). The van der Waals surface area contributed by atoms with Crippen LogP contribution in [0.5, 0.6) is 0 Å². The van der Waals surface area contributed by atoms with Gasteiger partial charge in [0, 0.05) is 12.5 Å². The van der Waals surface area contributed by atoms with Gasteiger partial charge in [0.1, 0.15) is 0 Å². The second-order valence-corrected chi connectivity index (χ2v) is 5.74. The molecule has 2 unspecified atom stereocenters. The van der Waals surface area contributed by atoms with E-state index in [0.29, 0.717) is 11.3 Å². The Morgan fingerprint density at radius 3 is 2.73 bits per heavy atom. The van der Waals surface area contributed by atoms with E-state index in [-0.39, 0.29) is 11.8 Å². The number of hydrogen-bond donors (Lipinski definition) is 1. The lowest BCUT2D eigenvalue weighted by Crippen LogP contribution is -2.35. The van der Waals surface area contributed by atoms with Crippen LogP contribution in [-0.2, 0) is 4.79 Å². The molecule has 1 fully saturated rings. The van der Waals surface area contributed by atoms with E-state index < -0.39 is 0 Å². The highest BCUT2D eigenvalue weighted by atomic mass is 16.1. The molecule has 15 heavy (non-hydrogen) atoms. The highest BCUT2D eigenvalue weighted by Crippen LogP contribution is 2.39. The van der Waals surface area contributed by atoms with Crippen LogP contribution in [0.15, 0.2) is 0 Å². The fourth-order valence-electron chi connectivity index (χ4n) is 2.66. The smallest absolute Gasteiger partial charge is 0.223 e. The minimum Gasteiger partial charge on any atom is -0.356 e. The largest absolute Gasteiger partial charge is 0.356 e. The maximum absolute atomic E-state index is 11.9. The summed E-state index contributed by atoms with van der Waals surface area (Å²) in [7, 11) is 0. The van der Waals surface area contributed by atoms with Crippen molar-refractivity contribution in [2.45, 2.75) is 53.4 Å². The van der Waals surface area contributed by atoms with Crippen LogP contribution in [0.25, 0.3) is 0 Å². The third kappa shape index (κ3) is 3.51. The third-order valence-corrected chi connectivity index (χ3v) is 3.66. The zero-order valence-corrected chi connectivity index (χ0v) is 10.6. The Bertz CT molecular complexity index is 223. The first kappa shape index (κ1) is 12.5. The molecule has 1 aliphatic carbocycles. The molecule has 1 aliphatic rings. The normalized spacial score (nSPS) is 30.7. The van der Waals surface area contributed by atoms with Gasteiger partial charge in [-0.3, -0.25) is 4.79 Å². The molecular weight excluding hydrogens is 186 g/mol. The van der Waals surface area contributed by atoms with Gasteiger partial charge < -0.3 is 5.32 Å². The van der Waals surface area contributed by atoms with E-state index in [0.717, 1.165) is 13.0 Å². The van der Waals surface area contributed by atoms with Crippen LogP contribution in [0, 0.1) is 17.3 Å². The molecule has 0 aromatic rings. The quantitative estimate of drug-likeness (QED) is 0.699. The molecule has 0 heterocycles. The lowest BCUT2D eigenvalue weighted by molar-refractivity contribution is -0.127. The van der Waals surface area contributed by atoms with Gasteiger partial charge in [0.25, 0.3) is 0 Å². The number of hydrogen-bond acceptors (Lipinski definition) is 1. The van der Waals surface area contributed by atoms with E-state index in [9.17, 15) is 4.79 Å². The lowest BCUT2D eigenvalue weighted by Gasteiger charge is -2.27. The van der Waals surface area contributed by atoms with E-state index in [2.05, 4.69) is 26.1 Å². The van der Waals surface area contributed by atoms with Crippen LogP contribution >= 0.6 is 0 Å². The van der Waals surface area contributed by atoms with Gasteiger partial charge in [-0.05, 0) is 37.5 Å². The van der Waals surface area contributed by atoms with Crippen LogP contribution in [0.2, 0.25) is 0 Å². The molecule has 0 aliphatic heterocycles. The molecule has 88 valence electrons. The van der Waals surface area contributed by atoms with Gasteiger partial charge in [0.2, 0.25) is 5.91 Å². The first-order valence-electron chi connectivity index (χ1n) is 6.24. The fourth-order valence-corrected chi connectivity index (χ4v) is 2.66. The minimum absolute atomic E-state index is 0.224. The summed E-state index contributed by atoms with van der Waals surface area (Å²) in [5.74, 6) is 1.03. The van der Waals surface area contributed by atoms with Gasteiger partial charge in [-0.1, -0.05) is 27.2 Å². The van der Waals surface area contributed by atoms with Gasteiger partial charge in [-0.2, -0.15) is 0 Å². The van der Waals surface area contributed by atoms with Gasteiger partial charge in [-0.15, -0.1) is 0 Å². The summed E-state index contributed by atoms with van der Waals surface area (Å²) in [5, 5.41) is 2.97. The van der Waals surface area contributed by atoms with Crippen molar-refractivity contribution in [2.75, 3.05) is 6.54 Å².